The Morgan fingerprint density at radius 1 is 0.667 bits per heavy atom. The van der Waals surface area contributed by atoms with Gasteiger partial charge in [-0.25, -0.2) is 0 Å². The van der Waals surface area contributed by atoms with Crippen LogP contribution in [0.15, 0.2) is 137 Å². The number of carbonyl (C=O) groups excluding carboxylic acids is 1. The average Bonchev–Trinajstić information content (AvgIpc) is 3.91. The van der Waals surface area contributed by atoms with Gasteiger partial charge in [0.2, 0.25) is 13.6 Å². The van der Waals surface area contributed by atoms with Gasteiger partial charge >= 0.3 is 0 Å². The number of ketones is 1. The summed E-state index contributed by atoms with van der Waals surface area (Å²) < 4.78 is 35.3. The minimum Gasteiger partial charge on any atom is -0.454 e. The van der Waals surface area contributed by atoms with Crippen molar-refractivity contribution in [3.05, 3.63) is 144 Å². The average molecular weight is 677 g/mol. The van der Waals surface area contributed by atoms with Crippen LogP contribution in [-0.2, 0) is 20.2 Å². The van der Waals surface area contributed by atoms with Gasteiger partial charge in [0.1, 0.15) is 4.08 Å². The number of thioether (sulfide) groups is 2. The summed E-state index contributed by atoms with van der Waals surface area (Å²) in [5, 5.41) is 0. The van der Waals surface area contributed by atoms with Crippen molar-refractivity contribution in [2.45, 2.75) is 26.8 Å². The van der Waals surface area contributed by atoms with E-state index in [1.165, 1.54) is 0 Å². The van der Waals surface area contributed by atoms with E-state index in [-0.39, 0.29) is 26.0 Å². The first kappa shape index (κ1) is 30.9. The molecule has 8 rings (SSSR count). The molecular formula is C39H32O7S2. The first-order valence-corrected chi connectivity index (χ1v) is 17.4. The third kappa shape index (κ3) is 6.15. The molecule has 7 nitrogen and oxygen atoms in total. The van der Waals surface area contributed by atoms with Crippen molar-refractivity contribution in [1.82, 2.24) is 0 Å². The van der Waals surface area contributed by atoms with Gasteiger partial charge in [0.15, 0.2) is 35.1 Å². The highest BCUT2D eigenvalue weighted by Crippen LogP contribution is 2.63. The predicted molar refractivity (Wildman–Crippen MR) is 184 cm³/mol. The molecule has 3 heterocycles. The monoisotopic (exact) mass is 676 g/mol. The smallest absolute Gasteiger partial charge is 0.231 e. The molecule has 9 heteroatoms. The van der Waals surface area contributed by atoms with Crippen molar-refractivity contribution in [3.8, 4) is 23.0 Å². The highest BCUT2D eigenvalue weighted by atomic mass is 32.2. The van der Waals surface area contributed by atoms with E-state index < -0.39 is 22.2 Å². The molecule has 0 spiro atoms. The quantitative estimate of drug-likeness (QED) is 0.0777. The number of carbonyl (C=O) groups is 1. The predicted octanol–water partition coefficient (Wildman–Crippen LogP) is 8.57. The first-order chi connectivity index (χ1) is 23.7. The lowest BCUT2D eigenvalue weighted by molar-refractivity contribution is -0.140. The molecule has 0 N–H and O–H groups in total. The van der Waals surface area contributed by atoms with E-state index in [0.29, 0.717) is 35.2 Å². The van der Waals surface area contributed by atoms with Crippen LogP contribution in [0.2, 0.25) is 0 Å². The van der Waals surface area contributed by atoms with Gasteiger partial charge < -0.3 is 28.4 Å². The van der Waals surface area contributed by atoms with Crippen LogP contribution in [0.1, 0.15) is 21.5 Å². The molecule has 0 amide bonds. The number of ether oxygens (including phenoxy) is 6. The van der Waals surface area contributed by atoms with E-state index >= 15 is 0 Å². The van der Waals surface area contributed by atoms with E-state index in [1.54, 1.807) is 35.7 Å². The number of hydrogen-bond acceptors (Lipinski definition) is 9. The molecule has 0 radical (unpaired) electrons. The molecule has 0 aromatic heterocycles. The third-order valence-corrected chi connectivity index (χ3v) is 11.8. The van der Waals surface area contributed by atoms with Gasteiger partial charge in [-0.3, -0.25) is 4.79 Å². The largest absolute Gasteiger partial charge is 0.454 e. The second-order valence-corrected chi connectivity index (χ2v) is 14.5. The molecule has 3 unspecified atom stereocenters. The van der Waals surface area contributed by atoms with Crippen LogP contribution in [0.25, 0.3) is 0 Å². The van der Waals surface area contributed by atoms with Crippen LogP contribution in [0.4, 0.5) is 0 Å². The van der Waals surface area contributed by atoms with Crippen LogP contribution < -0.4 is 18.9 Å². The standard InChI is InChI=1S/C39H32O7S2/c40-37(27-16-18-32-34(20-27)45-24-43-32)31-23-42-38(41-22-26-10-4-1-5-11-26)36(31)39(47-29-12-6-2-7-13-29,48-30-14-8-3-9-15-30)28-17-19-33-35(21-28)46-25-44-33/h1-21,31,36,38H,22-25H2. The van der Waals surface area contributed by atoms with Gasteiger partial charge in [0, 0.05) is 15.4 Å². The first-order valence-electron chi connectivity index (χ1n) is 15.8. The highest BCUT2D eigenvalue weighted by molar-refractivity contribution is 8.17. The highest BCUT2D eigenvalue weighted by Gasteiger charge is 2.57. The molecule has 242 valence electrons. The summed E-state index contributed by atoms with van der Waals surface area (Å²) in [5.41, 5.74) is 2.52. The third-order valence-electron chi connectivity index (χ3n) is 8.66. The van der Waals surface area contributed by atoms with E-state index in [2.05, 4.69) is 30.3 Å². The van der Waals surface area contributed by atoms with Gasteiger partial charge in [-0.2, -0.15) is 0 Å². The molecule has 5 aromatic carbocycles. The maximum Gasteiger partial charge on any atom is 0.231 e. The summed E-state index contributed by atoms with van der Waals surface area (Å²) in [6.07, 6.45) is -0.717. The zero-order chi connectivity index (χ0) is 32.3. The number of hydrogen-bond donors (Lipinski definition) is 0. The molecule has 48 heavy (non-hydrogen) atoms. The molecule has 0 saturated carbocycles. The Labute approximate surface area is 287 Å². The Hall–Kier alpha value is -4.41. The van der Waals surface area contributed by atoms with Crippen molar-refractivity contribution in [3.63, 3.8) is 0 Å². The van der Waals surface area contributed by atoms with Crippen molar-refractivity contribution < 1.29 is 33.2 Å². The maximum absolute atomic E-state index is 14.8. The van der Waals surface area contributed by atoms with Crippen LogP contribution in [-0.4, -0.2) is 32.3 Å². The molecular weight excluding hydrogens is 645 g/mol. The number of fused-ring (bicyclic) bond motifs is 2. The van der Waals surface area contributed by atoms with Crippen molar-refractivity contribution >= 4 is 29.3 Å². The zero-order valence-corrected chi connectivity index (χ0v) is 27.5. The zero-order valence-electron chi connectivity index (χ0n) is 25.9. The van der Waals surface area contributed by atoms with Gasteiger partial charge in [0.05, 0.1) is 25.0 Å². The van der Waals surface area contributed by atoms with Crippen LogP contribution in [0.3, 0.4) is 0 Å². The van der Waals surface area contributed by atoms with Crippen LogP contribution in [0, 0.1) is 11.8 Å². The summed E-state index contributed by atoms with van der Waals surface area (Å²) >= 11 is 3.40. The lowest BCUT2D eigenvalue weighted by atomic mass is 9.82. The van der Waals surface area contributed by atoms with Crippen LogP contribution >= 0.6 is 23.5 Å². The summed E-state index contributed by atoms with van der Waals surface area (Å²) in [6, 6.07) is 42.0. The van der Waals surface area contributed by atoms with E-state index in [9.17, 15) is 4.79 Å². The van der Waals surface area contributed by atoms with Crippen molar-refractivity contribution in [2.75, 3.05) is 20.2 Å². The lowest BCUT2D eigenvalue weighted by Gasteiger charge is -2.42. The molecule has 5 aromatic rings. The van der Waals surface area contributed by atoms with Crippen molar-refractivity contribution in [2.24, 2.45) is 11.8 Å². The fraction of sp³-hybridized carbons (Fsp3) is 0.205. The van der Waals surface area contributed by atoms with Crippen LogP contribution in [0.5, 0.6) is 23.0 Å². The normalized spacial score (nSPS) is 19.4. The molecule has 3 atom stereocenters. The van der Waals surface area contributed by atoms with Crippen molar-refractivity contribution in [1.29, 1.82) is 0 Å². The summed E-state index contributed by atoms with van der Waals surface area (Å²) in [5.74, 6) is 1.47. The lowest BCUT2D eigenvalue weighted by Crippen LogP contribution is -2.42. The van der Waals surface area contributed by atoms with Gasteiger partial charge in [-0.05, 0) is 65.7 Å². The molecule has 0 bridgehead atoms. The topological polar surface area (TPSA) is 72.5 Å². The number of Topliss-reactive ketones (excluding diaryl/α,β-unsaturated/α-hetero) is 1. The van der Waals surface area contributed by atoms with E-state index in [0.717, 1.165) is 20.9 Å². The van der Waals surface area contributed by atoms with E-state index in [1.807, 2.05) is 84.9 Å². The SMILES string of the molecule is O=C(c1ccc2c(c1)OCO2)C1COC(OCc2ccccc2)C1C(Sc1ccccc1)(Sc1ccccc1)c1ccc2c(c1)OCO2. The number of rotatable bonds is 11. The molecule has 3 aliphatic rings. The summed E-state index contributed by atoms with van der Waals surface area (Å²) in [6.45, 7) is 0.806. The minimum atomic E-state index is -0.835. The molecule has 0 aliphatic carbocycles. The Morgan fingerprint density at radius 2 is 1.23 bits per heavy atom. The Bertz CT molecular complexity index is 1850. The fourth-order valence-electron chi connectivity index (χ4n) is 6.35. The Kier molecular flexibility index (Phi) is 8.76. The molecule has 1 fully saturated rings. The second-order valence-electron chi connectivity index (χ2n) is 11.6. The Morgan fingerprint density at radius 3 is 1.88 bits per heavy atom. The van der Waals surface area contributed by atoms with Gasteiger partial charge in [-0.1, -0.05) is 72.8 Å². The maximum atomic E-state index is 14.8. The summed E-state index contributed by atoms with van der Waals surface area (Å²) in [4.78, 5) is 16.8. The molecule has 1 saturated heterocycles. The van der Waals surface area contributed by atoms with Gasteiger partial charge in [0.25, 0.3) is 0 Å². The number of benzene rings is 5. The molecule has 3 aliphatic heterocycles. The second kappa shape index (κ2) is 13.6. The fourth-order valence-corrected chi connectivity index (χ4v) is 9.70. The summed E-state index contributed by atoms with van der Waals surface area (Å²) in [7, 11) is 0. The van der Waals surface area contributed by atoms with Gasteiger partial charge in [-0.15, -0.1) is 23.5 Å². The minimum absolute atomic E-state index is 0.0449. The van der Waals surface area contributed by atoms with E-state index in [4.69, 9.17) is 28.4 Å². The Balaban J connectivity index is 1.29.